The summed E-state index contributed by atoms with van der Waals surface area (Å²) >= 11 is 0. The lowest BCUT2D eigenvalue weighted by Gasteiger charge is -1.97. The lowest BCUT2D eigenvalue weighted by molar-refractivity contribution is 0.627. The van der Waals surface area contributed by atoms with Gasteiger partial charge in [-0.15, -0.1) is 0 Å². The molecule has 0 saturated carbocycles. The number of hydrogen-bond donors (Lipinski definition) is 0. The van der Waals surface area contributed by atoms with Gasteiger partial charge >= 0.3 is 0 Å². The van der Waals surface area contributed by atoms with Crippen LogP contribution in [0.15, 0.2) is 23.2 Å². The summed E-state index contributed by atoms with van der Waals surface area (Å²) in [7, 11) is 1.67. The van der Waals surface area contributed by atoms with Gasteiger partial charge in [-0.05, 0) is 36.1 Å². The van der Waals surface area contributed by atoms with E-state index in [2.05, 4.69) is 25.8 Å². The summed E-state index contributed by atoms with van der Waals surface area (Å²) in [5.74, 6) is 0.616. The van der Waals surface area contributed by atoms with Crippen molar-refractivity contribution in [1.82, 2.24) is 0 Å². The number of nitrogens with zero attached hydrogens (tertiary/aromatic N) is 1. The van der Waals surface area contributed by atoms with E-state index in [0.29, 0.717) is 0 Å². The zero-order valence-electron chi connectivity index (χ0n) is 10.2. The van der Waals surface area contributed by atoms with Crippen molar-refractivity contribution in [2.45, 2.75) is 27.7 Å². The van der Waals surface area contributed by atoms with E-state index < -0.39 is 0 Å². The maximum atomic E-state index is 12.6. The predicted octanol–water partition coefficient (Wildman–Crippen LogP) is 3.85. The van der Waals surface area contributed by atoms with Crippen molar-refractivity contribution in [1.29, 1.82) is 0 Å². The summed E-state index contributed by atoms with van der Waals surface area (Å²) in [6.07, 6.45) is 1.65. The summed E-state index contributed by atoms with van der Waals surface area (Å²) in [5.41, 5.74) is 1.88. The maximum absolute atomic E-state index is 12.6. The molecule has 1 aromatic rings. The Morgan fingerprint density at radius 3 is 2.27 bits per heavy atom. The molecule has 1 rings (SSSR count). The van der Waals surface area contributed by atoms with Crippen LogP contribution >= 0.6 is 0 Å². The van der Waals surface area contributed by atoms with E-state index in [0.717, 1.165) is 17.0 Å². The van der Waals surface area contributed by atoms with Crippen molar-refractivity contribution in [2.24, 2.45) is 10.9 Å². The molecule has 0 amide bonds. The highest BCUT2D eigenvalue weighted by Gasteiger charge is 1.95. The van der Waals surface area contributed by atoms with Crippen LogP contribution in [-0.2, 0) is 0 Å². The standard InChI is InChI=1S/C9H10FN.C4H10/c1-7-3-4-9(10)5-8(7)6-11-2;1-4(2)3/h3-6H,1-2H3;4H,1-3H3. The summed E-state index contributed by atoms with van der Waals surface area (Å²) in [6.45, 7) is 8.43. The summed E-state index contributed by atoms with van der Waals surface area (Å²) in [4.78, 5) is 3.82. The second-order valence-corrected chi connectivity index (χ2v) is 4.12. The van der Waals surface area contributed by atoms with Gasteiger partial charge in [-0.1, -0.05) is 26.8 Å². The monoisotopic (exact) mass is 209 g/mol. The minimum absolute atomic E-state index is 0.217. The topological polar surface area (TPSA) is 12.4 Å². The Hall–Kier alpha value is -1.18. The second-order valence-electron chi connectivity index (χ2n) is 4.12. The molecule has 0 unspecified atom stereocenters. The van der Waals surface area contributed by atoms with E-state index in [1.165, 1.54) is 12.1 Å². The van der Waals surface area contributed by atoms with Crippen LogP contribution in [0.4, 0.5) is 4.39 Å². The third kappa shape index (κ3) is 6.83. The lowest BCUT2D eigenvalue weighted by atomic mass is 10.1. The third-order valence-electron chi connectivity index (χ3n) is 1.51. The molecule has 0 radical (unpaired) electrons. The summed E-state index contributed by atoms with van der Waals surface area (Å²) in [6, 6.07) is 4.66. The summed E-state index contributed by atoms with van der Waals surface area (Å²) in [5, 5.41) is 0. The van der Waals surface area contributed by atoms with E-state index >= 15 is 0 Å². The molecule has 0 aliphatic rings. The van der Waals surface area contributed by atoms with E-state index in [1.54, 1.807) is 19.3 Å². The Kier molecular flexibility index (Phi) is 6.59. The quantitative estimate of drug-likeness (QED) is 0.623. The van der Waals surface area contributed by atoms with Crippen LogP contribution in [0.2, 0.25) is 0 Å². The van der Waals surface area contributed by atoms with Crippen molar-refractivity contribution < 1.29 is 4.39 Å². The normalized spacial score (nSPS) is 10.3. The zero-order valence-corrected chi connectivity index (χ0v) is 10.2. The van der Waals surface area contributed by atoms with Gasteiger partial charge in [-0.25, -0.2) is 4.39 Å². The smallest absolute Gasteiger partial charge is 0.123 e. The average Bonchev–Trinajstić information content (AvgIpc) is 2.11. The average molecular weight is 209 g/mol. The van der Waals surface area contributed by atoms with Crippen molar-refractivity contribution in [3.63, 3.8) is 0 Å². The molecule has 84 valence electrons. The first-order valence-corrected chi connectivity index (χ1v) is 5.15. The summed E-state index contributed by atoms with van der Waals surface area (Å²) < 4.78 is 12.6. The van der Waals surface area contributed by atoms with Crippen LogP contribution < -0.4 is 0 Å². The number of hydrogen-bond acceptors (Lipinski definition) is 1. The molecule has 1 nitrogen and oxygen atoms in total. The molecule has 0 spiro atoms. The Morgan fingerprint density at radius 2 is 1.80 bits per heavy atom. The number of aryl methyl sites for hydroxylation is 1. The molecule has 15 heavy (non-hydrogen) atoms. The predicted molar refractivity (Wildman–Crippen MR) is 65.2 cm³/mol. The molecular formula is C13H20FN. The molecule has 1 aromatic carbocycles. The first-order valence-electron chi connectivity index (χ1n) is 5.15. The van der Waals surface area contributed by atoms with Crippen LogP contribution in [0, 0.1) is 18.7 Å². The fraction of sp³-hybridized carbons (Fsp3) is 0.462. The highest BCUT2D eigenvalue weighted by Crippen LogP contribution is 2.07. The fourth-order valence-corrected chi connectivity index (χ4v) is 0.890. The van der Waals surface area contributed by atoms with Crippen molar-refractivity contribution in [2.75, 3.05) is 7.05 Å². The first-order chi connectivity index (χ1) is 6.97. The number of halogens is 1. The SMILES string of the molecule is CC(C)C.CN=Cc1cc(F)ccc1C. The van der Waals surface area contributed by atoms with Gasteiger partial charge in [0.25, 0.3) is 0 Å². The minimum Gasteiger partial charge on any atom is -0.296 e. The molecule has 0 aliphatic carbocycles. The molecule has 2 heteroatoms. The van der Waals surface area contributed by atoms with Gasteiger partial charge in [0.2, 0.25) is 0 Å². The van der Waals surface area contributed by atoms with Crippen molar-refractivity contribution in [3.05, 3.63) is 35.1 Å². The zero-order chi connectivity index (χ0) is 11.8. The Balaban J connectivity index is 0.000000423. The van der Waals surface area contributed by atoms with Gasteiger partial charge in [0.1, 0.15) is 5.82 Å². The van der Waals surface area contributed by atoms with E-state index in [4.69, 9.17) is 0 Å². The number of rotatable bonds is 1. The van der Waals surface area contributed by atoms with Gasteiger partial charge in [-0.3, -0.25) is 4.99 Å². The van der Waals surface area contributed by atoms with Gasteiger partial charge in [-0.2, -0.15) is 0 Å². The molecule has 0 aliphatic heterocycles. The second kappa shape index (κ2) is 7.16. The molecule has 0 fully saturated rings. The first kappa shape index (κ1) is 13.8. The highest BCUT2D eigenvalue weighted by atomic mass is 19.1. The van der Waals surface area contributed by atoms with Crippen molar-refractivity contribution in [3.8, 4) is 0 Å². The third-order valence-corrected chi connectivity index (χ3v) is 1.51. The van der Waals surface area contributed by atoms with Crippen LogP contribution in [0.3, 0.4) is 0 Å². The van der Waals surface area contributed by atoms with Crippen LogP contribution in [0.5, 0.6) is 0 Å². The van der Waals surface area contributed by atoms with Gasteiger partial charge < -0.3 is 0 Å². The lowest BCUT2D eigenvalue weighted by Crippen LogP contribution is -1.87. The van der Waals surface area contributed by atoms with Crippen LogP contribution in [0.1, 0.15) is 31.9 Å². The highest BCUT2D eigenvalue weighted by molar-refractivity contribution is 5.81. The number of benzene rings is 1. The molecule has 0 bridgehead atoms. The van der Waals surface area contributed by atoms with E-state index in [-0.39, 0.29) is 5.82 Å². The number of aliphatic imine (C=N–C) groups is 1. The Labute approximate surface area is 92.1 Å². The van der Waals surface area contributed by atoms with Crippen LogP contribution in [-0.4, -0.2) is 13.3 Å². The Bertz CT molecular complexity index is 314. The minimum atomic E-state index is -0.217. The molecule has 0 heterocycles. The maximum Gasteiger partial charge on any atom is 0.123 e. The molecule has 0 aromatic heterocycles. The van der Waals surface area contributed by atoms with Gasteiger partial charge in [0.05, 0.1) is 0 Å². The fourth-order valence-electron chi connectivity index (χ4n) is 0.890. The molecule has 0 saturated heterocycles. The van der Waals surface area contributed by atoms with Crippen LogP contribution in [0.25, 0.3) is 0 Å². The van der Waals surface area contributed by atoms with Gasteiger partial charge in [0, 0.05) is 13.3 Å². The van der Waals surface area contributed by atoms with E-state index in [1.807, 2.05) is 6.92 Å². The Morgan fingerprint density at radius 1 is 1.27 bits per heavy atom. The molecule has 0 atom stereocenters. The van der Waals surface area contributed by atoms with Gasteiger partial charge in [0.15, 0.2) is 0 Å². The molecule has 0 N–H and O–H groups in total. The molecular weight excluding hydrogens is 189 g/mol. The van der Waals surface area contributed by atoms with Crippen molar-refractivity contribution >= 4 is 6.21 Å². The van der Waals surface area contributed by atoms with E-state index in [9.17, 15) is 4.39 Å². The largest absolute Gasteiger partial charge is 0.296 e.